The Morgan fingerprint density at radius 2 is 2.00 bits per heavy atom. The minimum Gasteiger partial charge on any atom is -0.480 e. The number of methoxy groups -OCH3 is 1. The van der Waals surface area contributed by atoms with Gasteiger partial charge in [-0.05, 0) is 12.8 Å². The Kier molecular flexibility index (Phi) is 5.76. The Morgan fingerprint density at radius 3 is 2.53 bits per heavy atom. The van der Waals surface area contributed by atoms with E-state index in [0.29, 0.717) is 0 Å². The van der Waals surface area contributed by atoms with Crippen LogP contribution in [0, 0.1) is 0 Å². The molecule has 0 aliphatic heterocycles. The first kappa shape index (κ1) is 13.8. The van der Waals surface area contributed by atoms with Crippen molar-refractivity contribution in [2.24, 2.45) is 0 Å². The average molecular weight is 244 g/mol. The molecule has 1 aliphatic rings. The summed E-state index contributed by atoms with van der Waals surface area (Å²) in [5, 5.41) is 14.0. The van der Waals surface area contributed by atoms with E-state index in [1.54, 1.807) is 0 Å². The Hall–Kier alpha value is -1.30. The Morgan fingerprint density at radius 1 is 1.35 bits per heavy atom. The molecule has 0 aromatic heterocycles. The van der Waals surface area contributed by atoms with E-state index in [1.165, 1.54) is 13.5 Å². The highest BCUT2D eigenvalue weighted by Gasteiger charge is 2.21. The van der Waals surface area contributed by atoms with E-state index in [1.807, 2.05) is 0 Å². The summed E-state index contributed by atoms with van der Waals surface area (Å²) < 4.78 is 4.73. The molecular weight excluding hydrogens is 224 g/mol. The van der Waals surface area contributed by atoms with Crippen molar-refractivity contribution in [1.29, 1.82) is 0 Å². The minimum atomic E-state index is -1.09. The summed E-state index contributed by atoms with van der Waals surface area (Å²) in [7, 11) is 1.40. The van der Waals surface area contributed by atoms with Crippen LogP contribution >= 0.6 is 0 Å². The van der Waals surface area contributed by atoms with Gasteiger partial charge in [-0.25, -0.2) is 9.59 Å². The number of amides is 2. The lowest BCUT2D eigenvalue weighted by Gasteiger charge is -2.24. The van der Waals surface area contributed by atoms with Gasteiger partial charge in [0, 0.05) is 13.2 Å². The number of urea groups is 1. The Bertz CT molecular complexity index is 264. The normalized spacial score (nSPS) is 18.4. The van der Waals surface area contributed by atoms with Gasteiger partial charge in [0.05, 0.1) is 6.61 Å². The van der Waals surface area contributed by atoms with Gasteiger partial charge in [-0.2, -0.15) is 0 Å². The van der Waals surface area contributed by atoms with Crippen molar-refractivity contribution >= 4 is 12.0 Å². The monoisotopic (exact) mass is 244 g/mol. The fraction of sp³-hybridized carbons (Fsp3) is 0.818. The number of nitrogens with one attached hydrogen (secondary N) is 2. The fourth-order valence-electron chi connectivity index (χ4n) is 1.97. The molecule has 1 rings (SSSR count). The minimum absolute atomic E-state index is 0.0343. The molecule has 1 saturated carbocycles. The van der Waals surface area contributed by atoms with E-state index in [-0.39, 0.29) is 12.6 Å². The van der Waals surface area contributed by atoms with Crippen LogP contribution in [0.4, 0.5) is 4.79 Å². The maximum Gasteiger partial charge on any atom is 0.328 e. The third-order valence-electron chi connectivity index (χ3n) is 2.88. The predicted octanol–water partition coefficient (Wildman–Crippen LogP) is 0.718. The largest absolute Gasteiger partial charge is 0.480 e. The molecule has 1 unspecified atom stereocenters. The average Bonchev–Trinajstić information content (AvgIpc) is 2.29. The molecule has 0 heterocycles. The number of aliphatic carboxylic acids is 1. The highest BCUT2D eigenvalue weighted by atomic mass is 16.5. The summed E-state index contributed by atoms with van der Waals surface area (Å²) in [6.45, 7) is -0.0343. The van der Waals surface area contributed by atoms with Crippen LogP contribution in [0.25, 0.3) is 0 Å². The Labute approximate surface area is 101 Å². The van der Waals surface area contributed by atoms with Gasteiger partial charge in [-0.15, -0.1) is 0 Å². The number of carbonyl (C=O) groups excluding carboxylic acids is 1. The number of carboxylic acid groups (broad SMARTS) is 1. The van der Waals surface area contributed by atoms with E-state index >= 15 is 0 Å². The SMILES string of the molecule is COCC(NC(=O)NC1CCCCC1)C(=O)O. The van der Waals surface area contributed by atoms with E-state index < -0.39 is 18.0 Å². The van der Waals surface area contributed by atoms with Crippen molar-refractivity contribution < 1.29 is 19.4 Å². The van der Waals surface area contributed by atoms with Crippen molar-refractivity contribution in [2.75, 3.05) is 13.7 Å². The van der Waals surface area contributed by atoms with Gasteiger partial charge >= 0.3 is 12.0 Å². The molecule has 3 N–H and O–H groups in total. The Balaban J connectivity index is 2.33. The second-order valence-corrected chi connectivity index (χ2v) is 4.30. The third kappa shape index (κ3) is 5.04. The number of hydrogen-bond acceptors (Lipinski definition) is 3. The molecule has 17 heavy (non-hydrogen) atoms. The summed E-state index contributed by atoms with van der Waals surface area (Å²) in [4.78, 5) is 22.4. The molecule has 98 valence electrons. The van der Waals surface area contributed by atoms with Gasteiger partial charge in [-0.1, -0.05) is 19.3 Å². The third-order valence-corrected chi connectivity index (χ3v) is 2.88. The van der Waals surface area contributed by atoms with E-state index in [9.17, 15) is 9.59 Å². The fourth-order valence-corrected chi connectivity index (χ4v) is 1.97. The molecule has 0 aromatic carbocycles. The first-order valence-electron chi connectivity index (χ1n) is 5.92. The maximum atomic E-state index is 11.6. The highest BCUT2D eigenvalue weighted by molar-refractivity contribution is 5.82. The molecule has 2 amide bonds. The predicted molar refractivity (Wildman–Crippen MR) is 61.8 cm³/mol. The molecule has 1 fully saturated rings. The first-order valence-corrected chi connectivity index (χ1v) is 5.92. The molecule has 1 aliphatic carbocycles. The van der Waals surface area contributed by atoms with Gasteiger partial charge in [-0.3, -0.25) is 0 Å². The topological polar surface area (TPSA) is 87.7 Å². The van der Waals surface area contributed by atoms with Crippen molar-refractivity contribution in [3.63, 3.8) is 0 Å². The first-order chi connectivity index (χ1) is 8.13. The second kappa shape index (κ2) is 7.11. The van der Waals surface area contributed by atoms with Crippen LogP contribution in [0.15, 0.2) is 0 Å². The van der Waals surface area contributed by atoms with Gasteiger partial charge < -0.3 is 20.5 Å². The van der Waals surface area contributed by atoms with Crippen LogP contribution in [0.1, 0.15) is 32.1 Å². The number of carboxylic acids is 1. The summed E-state index contributed by atoms with van der Waals surface area (Å²) in [5.74, 6) is -1.09. The van der Waals surface area contributed by atoms with Gasteiger partial charge in [0.1, 0.15) is 0 Å². The zero-order chi connectivity index (χ0) is 12.7. The van der Waals surface area contributed by atoms with E-state index in [2.05, 4.69) is 10.6 Å². The zero-order valence-corrected chi connectivity index (χ0v) is 10.1. The molecule has 6 nitrogen and oxygen atoms in total. The van der Waals surface area contributed by atoms with Gasteiger partial charge in [0.25, 0.3) is 0 Å². The molecule has 6 heteroatoms. The lowest BCUT2D eigenvalue weighted by atomic mass is 9.96. The number of ether oxygens (including phenoxy) is 1. The number of hydrogen-bond donors (Lipinski definition) is 3. The lowest BCUT2D eigenvalue weighted by Crippen LogP contribution is -2.51. The molecular formula is C11H20N2O4. The second-order valence-electron chi connectivity index (χ2n) is 4.30. The van der Waals surface area contributed by atoms with Crippen molar-refractivity contribution in [3.05, 3.63) is 0 Å². The summed E-state index contributed by atoms with van der Waals surface area (Å²) in [6, 6.07) is -1.26. The highest BCUT2D eigenvalue weighted by Crippen LogP contribution is 2.17. The van der Waals surface area contributed by atoms with Crippen molar-refractivity contribution in [2.45, 2.75) is 44.2 Å². The molecule has 0 spiro atoms. The van der Waals surface area contributed by atoms with Crippen LogP contribution in [0.5, 0.6) is 0 Å². The van der Waals surface area contributed by atoms with Crippen LogP contribution in [0.2, 0.25) is 0 Å². The van der Waals surface area contributed by atoms with Crippen LogP contribution in [-0.2, 0) is 9.53 Å². The standard InChI is InChI=1S/C11H20N2O4/c1-17-7-9(10(14)15)13-11(16)12-8-5-3-2-4-6-8/h8-9H,2-7H2,1H3,(H,14,15)(H2,12,13,16). The summed E-state index contributed by atoms with van der Waals surface area (Å²) in [5.41, 5.74) is 0. The van der Waals surface area contributed by atoms with E-state index in [4.69, 9.17) is 9.84 Å². The smallest absolute Gasteiger partial charge is 0.328 e. The lowest BCUT2D eigenvalue weighted by molar-refractivity contribution is -0.140. The van der Waals surface area contributed by atoms with Gasteiger partial charge in [0.15, 0.2) is 6.04 Å². The molecule has 0 radical (unpaired) electrons. The number of rotatable bonds is 5. The van der Waals surface area contributed by atoms with E-state index in [0.717, 1.165) is 25.7 Å². The molecule has 1 atom stereocenters. The van der Waals surface area contributed by atoms with Gasteiger partial charge in [0.2, 0.25) is 0 Å². The maximum absolute atomic E-state index is 11.6. The summed E-state index contributed by atoms with van der Waals surface area (Å²) >= 11 is 0. The van der Waals surface area contributed by atoms with Crippen LogP contribution in [-0.4, -0.2) is 42.9 Å². The van der Waals surface area contributed by atoms with Crippen LogP contribution in [0.3, 0.4) is 0 Å². The molecule has 0 bridgehead atoms. The van der Waals surface area contributed by atoms with Crippen LogP contribution < -0.4 is 10.6 Å². The molecule has 0 aromatic rings. The molecule has 0 saturated heterocycles. The zero-order valence-electron chi connectivity index (χ0n) is 10.1. The number of carbonyl (C=O) groups is 2. The quantitative estimate of drug-likeness (QED) is 0.665. The van der Waals surface area contributed by atoms with Crippen molar-refractivity contribution in [3.8, 4) is 0 Å². The van der Waals surface area contributed by atoms with Crippen molar-refractivity contribution in [1.82, 2.24) is 10.6 Å². The summed E-state index contributed by atoms with van der Waals surface area (Å²) in [6.07, 6.45) is 5.38.